The van der Waals surface area contributed by atoms with E-state index >= 15 is 0 Å². The summed E-state index contributed by atoms with van der Waals surface area (Å²) in [7, 11) is 1.89. The molecule has 1 aliphatic rings. The highest BCUT2D eigenvalue weighted by molar-refractivity contribution is 6.27. The average Bonchev–Trinajstić information content (AvgIpc) is 2.86. The number of carbonyl (C=O) groups is 2. The smallest absolute Gasteiger partial charge is 0.414 e. The van der Waals surface area contributed by atoms with Crippen LogP contribution in [0.1, 0.15) is 39.0 Å². The summed E-state index contributed by atoms with van der Waals surface area (Å²) in [5, 5.41) is 14.8. The van der Waals surface area contributed by atoms with Crippen molar-refractivity contribution in [1.82, 2.24) is 4.90 Å². The van der Waals surface area contributed by atoms with Gasteiger partial charge < -0.3 is 24.7 Å². The van der Waals surface area contributed by atoms with Crippen LogP contribution < -0.4 is 4.90 Å². The fraction of sp³-hybridized carbons (Fsp3) is 0.481. The molecule has 2 aromatic carbocycles. The Bertz CT molecular complexity index is 795. The summed E-state index contributed by atoms with van der Waals surface area (Å²) in [5.41, 5.74) is 2.53. The van der Waals surface area contributed by atoms with Crippen LogP contribution >= 0.6 is 0 Å². The van der Waals surface area contributed by atoms with Gasteiger partial charge in [-0.15, -0.1) is 0 Å². The first-order valence-corrected chi connectivity index (χ1v) is 12.0. The van der Waals surface area contributed by atoms with Crippen LogP contribution in [0.2, 0.25) is 0 Å². The van der Waals surface area contributed by atoms with Gasteiger partial charge in [0, 0.05) is 31.6 Å². The van der Waals surface area contributed by atoms with Crippen molar-refractivity contribution in [2.24, 2.45) is 5.92 Å². The van der Waals surface area contributed by atoms with Gasteiger partial charge in [-0.3, -0.25) is 0 Å². The molecule has 1 heterocycles. The van der Waals surface area contributed by atoms with Crippen molar-refractivity contribution in [3.05, 3.63) is 60.7 Å². The van der Waals surface area contributed by atoms with Crippen molar-refractivity contribution in [2.75, 3.05) is 38.2 Å². The van der Waals surface area contributed by atoms with Crippen LogP contribution in [0.25, 0.3) is 0 Å². The van der Waals surface area contributed by atoms with Crippen molar-refractivity contribution in [3.8, 4) is 0 Å². The predicted octanol–water partition coefficient (Wildman–Crippen LogP) is 4.90. The summed E-state index contributed by atoms with van der Waals surface area (Å²) in [5.74, 6) is -3.02. The minimum absolute atomic E-state index is 0.351. The maximum absolute atomic E-state index is 9.10. The zero-order chi connectivity index (χ0) is 24.8. The molecule has 34 heavy (non-hydrogen) atoms. The van der Waals surface area contributed by atoms with Crippen LogP contribution in [0.3, 0.4) is 0 Å². The molecule has 2 N–H and O–H groups in total. The fourth-order valence-electron chi connectivity index (χ4n) is 4.33. The van der Waals surface area contributed by atoms with E-state index in [1.165, 1.54) is 50.1 Å². The highest BCUT2D eigenvalue weighted by Crippen LogP contribution is 2.29. The Morgan fingerprint density at radius 2 is 1.53 bits per heavy atom. The summed E-state index contributed by atoms with van der Waals surface area (Å²) in [6.45, 7) is 6.82. The molecule has 1 saturated heterocycles. The molecule has 7 nitrogen and oxygen atoms in total. The minimum atomic E-state index is -1.82. The summed E-state index contributed by atoms with van der Waals surface area (Å²) in [4.78, 5) is 23.2. The molecule has 0 radical (unpaired) electrons. The van der Waals surface area contributed by atoms with Crippen LogP contribution in [-0.4, -0.2) is 66.4 Å². The first-order chi connectivity index (χ1) is 16.5. The maximum atomic E-state index is 9.10. The molecule has 2 atom stereocenters. The number of nitrogens with zero attached hydrogens (tertiary/aromatic N) is 2. The molecular formula is C27H38N2O5. The van der Waals surface area contributed by atoms with E-state index in [-0.39, 0.29) is 0 Å². The van der Waals surface area contributed by atoms with E-state index in [9.17, 15) is 0 Å². The minimum Gasteiger partial charge on any atom is -0.473 e. The summed E-state index contributed by atoms with van der Waals surface area (Å²) >= 11 is 0. The second kappa shape index (κ2) is 15.1. The molecule has 1 fully saturated rings. The lowest BCUT2D eigenvalue weighted by molar-refractivity contribution is -0.159. The molecule has 0 spiro atoms. The number of benzene rings is 2. The molecule has 186 valence electrons. The van der Waals surface area contributed by atoms with Gasteiger partial charge in [0.2, 0.25) is 0 Å². The summed E-state index contributed by atoms with van der Waals surface area (Å²) < 4.78 is 5.92. The number of rotatable bonds is 10. The number of carboxylic acid groups (broad SMARTS) is 2. The lowest BCUT2D eigenvalue weighted by Gasteiger charge is -2.39. The Morgan fingerprint density at radius 3 is 2.00 bits per heavy atom. The van der Waals surface area contributed by atoms with E-state index in [0.717, 1.165) is 19.5 Å². The monoisotopic (exact) mass is 470 g/mol. The quantitative estimate of drug-likeness (QED) is 0.377. The Kier molecular flexibility index (Phi) is 12.1. The van der Waals surface area contributed by atoms with Gasteiger partial charge in [0.05, 0.1) is 6.10 Å². The predicted molar refractivity (Wildman–Crippen MR) is 135 cm³/mol. The molecule has 0 amide bonds. The van der Waals surface area contributed by atoms with Gasteiger partial charge >= 0.3 is 11.9 Å². The summed E-state index contributed by atoms with van der Waals surface area (Å²) in [6.07, 6.45) is 6.68. The molecule has 0 saturated carbocycles. The number of anilines is 2. The Hall–Kier alpha value is -2.90. The molecule has 0 aliphatic carbocycles. The molecule has 0 aromatic heterocycles. The normalized spacial score (nSPS) is 17.9. The lowest BCUT2D eigenvalue weighted by Crippen LogP contribution is -2.45. The Morgan fingerprint density at radius 1 is 0.971 bits per heavy atom. The largest absolute Gasteiger partial charge is 0.473 e. The standard InChI is InChI=1S/C25H36N2O.C2H2O4/c1-3-4-11-18-26-19-16-22(25(21-26)28-2)17-20-27(23-12-7-5-8-13-23)24-14-9-6-10-15-24;3-1(4)2(5)6/h5-10,12-15,22,25H,3-4,11,16-21H2,1-2H3;(H,3,4)(H,5,6)/t22-,25+;/m1./s1. The zero-order valence-electron chi connectivity index (χ0n) is 20.3. The van der Waals surface area contributed by atoms with Crippen molar-refractivity contribution in [2.45, 2.75) is 45.1 Å². The number of ether oxygens (including phenoxy) is 1. The van der Waals surface area contributed by atoms with Crippen LogP contribution in [0.5, 0.6) is 0 Å². The number of hydrogen-bond donors (Lipinski definition) is 2. The molecule has 0 bridgehead atoms. The number of aliphatic carboxylic acids is 2. The topological polar surface area (TPSA) is 90.3 Å². The maximum Gasteiger partial charge on any atom is 0.414 e. The number of para-hydroxylation sites is 2. The molecule has 2 aromatic rings. The molecular weight excluding hydrogens is 432 g/mol. The Balaban J connectivity index is 0.000000604. The number of unbranched alkanes of at least 4 members (excludes halogenated alkanes) is 2. The third-order valence-electron chi connectivity index (χ3n) is 6.20. The SMILES string of the molecule is CCCCCN1CC[C@H](CCN(c2ccccc2)c2ccccc2)[C@@H](OC)C1.O=C(O)C(=O)O. The van der Waals surface area contributed by atoms with Crippen LogP contribution in [0.4, 0.5) is 11.4 Å². The number of likely N-dealkylation sites (tertiary alicyclic amines) is 1. The van der Waals surface area contributed by atoms with Gasteiger partial charge in [0.15, 0.2) is 0 Å². The van der Waals surface area contributed by atoms with E-state index in [1.807, 2.05) is 7.11 Å². The van der Waals surface area contributed by atoms with E-state index in [4.69, 9.17) is 24.5 Å². The van der Waals surface area contributed by atoms with Gasteiger partial charge in [0.25, 0.3) is 0 Å². The highest BCUT2D eigenvalue weighted by Gasteiger charge is 2.29. The van der Waals surface area contributed by atoms with Gasteiger partial charge in [-0.25, -0.2) is 9.59 Å². The van der Waals surface area contributed by atoms with Crippen LogP contribution in [-0.2, 0) is 14.3 Å². The zero-order valence-corrected chi connectivity index (χ0v) is 20.3. The van der Waals surface area contributed by atoms with Crippen molar-refractivity contribution >= 4 is 23.3 Å². The van der Waals surface area contributed by atoms with Crippen molar-refractivity contribution in [3.63, 3.8) is 0 Å². The molecule has 7 heteroatoms. The molecule has 3 rings (SSSR count). The fourth-order valence-corrected chi connectivity index (χ4v) is 4.33. The van der Waals surface area contributed by atoms with E-state index in [0.29, 0.717) is 12.0 Å². The van der Waals surface area contributed by atoms with Crippen molar-refractivity contribution < 1.29 is 24.5 Å². The van der Waals surface area contributed by atoms with E-state index in [1.54, 1.807) is 0 Å². The van der Waals surface area contributed by atoms with Crippen molar-refractivity contribution in [1.29, 1.82) is 0 Å². The number of hydrogen-bond acceptors (Lipinski definition) is 5. The van der Waals surface area contributed by atoms with Gasteiger partial charge in [-0.1, -0.05) is 56.2 Å². The summed E-state index contributed by atoms with van der Waals surface area (Å²) in [6, 6.07) is 21.5. The first-order valence-electron chi connectivity index (χ1n) is 12.0. The second-order valence-electron chi connectivity index (χ2n) is 8.55. The second-order valence-corrected chi connectivity index (χ2v) is 8.55. The number of carboxylic acids is 2. The van der Waals surface area contributed by atoms with Gasteiger partial charge in [-0.2, -0.15) is 0 Å². The van der Waals surface area contributed by atoms with Gasteiger partial charge in [0.1, 0.15) is 0 Å². The molecule has 1 aliphatic heterocycles. The Labute approximate surface area is 203 Å². The van der Waals surface area contributed by atoms with E-state index < -0.39 is 11.9 Å². The first kappa shape index (κ1) is 27.3. The lowest BCUT2D eigenvalue weighted by atomic mass is 9.90. The number of piperidine rings is 1. The third kappa shape index (κ3) is 9.15. The van der Waals surface area contributed by atoms with Crippen LogP contribution in [0.15, 0.2) is 60.7 Å². The number of methoxy groups -OCH3 is 1. The van der Waals surface area contributed by atoms with Gasteiger partial charge in [-0.05, 0) is 62.5 Å². The third-order valence-corrected chi connectivity index (χ3v) is 6.20. The molecule has 0 unspecified atom stereocenters. The van der Waals surface area contributed by atoms with Crippen LogP contribution in [0, 0.1) is 5.92 Å². The average molecular weight is 471 g/mol. The highest BCUT2D eigenvalue weighted by atomic mass is 16.5. The van der Waals surface area contributed by atoms with E-state index in [2.05, 4.69) is 77.4 Å².